The summed E-state index contributed by atoms with van der Waals surface area (Å²) in [5.41, 5.74) is 0.659. The molecule has 102 valence electrons. The SMILES string of the molecule is [B]C([B])(c1ccc(C=N)cc1)N(C)C(=O)OC(C)(C)C. The number of nitrogens with one attached hydrogen (secondary N) is 1. The summed E-state index contributed by atoms with van der Waals surface area (Å²) in [7, 11) is 13.6. The lowest BCUT2D eigenvalue weighted by atomic mass is 9.57. The minimum atomic E-state index is -1.48. The highest BCUT2D eigenvalue weighted by molar-refractivity contribution is 6.40. The van der Waals surface area contributed by atoms with Crippen LogP contribution >= 0.6 is 0 Å². The molecule has 0 aromatic heterocycles. The highest BCUT2D eigenvalue weighted by Gasteiger charge is 2.31. The Kier molecular flexibility index (Phi) is 4.68. The van der Waals surface area contributed by atoms with Crippen LogP contribution < -0.4 is 0 Å². The van der Waals surface area contributed by atoms with E-state index in [2.05, 4.69) is 0 Å². The van der Waals surface area contributed by atoms with Gasteiger partial charge in [-0.25, -0.2) is 4.79 Å². The highest BCUT2D eigenvalue weighted by atomic mass is 16.6. The van der Waals surface area contributed by atoms with Crippen molar-refractivity contribution < 1.29 is 9.53 Å². The van der Waals surface area contributed by atoms with E-state index in [-0.39, 0.29) is 0 Å². The molecule has 0 atom stereocenters. The van der Waals surface area contributed by atoms with E-state index in [4.69, 9.17) is 25.8 Å². The molecule has 4 nitrogen and oxygen atoms in total. The third-order valence-corrected chi connectivity index (χ3v) is 2.76. The Labute approximate surface area is 122 Å². The van der Waals surface area contributed by atoms with Gasteiger partial charge in [-0.05, 0) is 37.2 Å². The van der Waals surface area contributed by atoms with Crippen molar-refractivity contribution in [3.05, 3.63) is 35.4 Å². The molecular formula is C14H18B2N2O2. The van der Waals surface area contributed by atoms with Gasteiger partial charge in [0.25, 0.3) is 0 Å². The average Bonchev–Trinajstić information content (AvgIpc) is 2.35. The summed E-state index contributed by atoms with van der Waals surface area (Å²) in [4.78, 5) is 13.2. The first-order valence-corrected chi connectivity index (χ1v) is 6.23. The number of benzene rings is 1. The van der Waals surface area contributed by atoms with Gasteiger partial charge < -0.3 is 15.0 Å². The second-order valence-electron chi connectivity index (χ2n) is 5.63. The standard InChI is InChI=1S/C14H18B2N2O2/c1-13(2,3)20-12(19)18(4)14(15,16)11-7-5-10(9-17)6-8-11/h5-9,17H,1-4H3. The van der Waals surface area contributed by atoms with Crippen LogP contribution in [0.15, 0.2) is 24.3 Å². The van der Waals surface area contributed by atoms with E-state index in [1.54, 1.807) is 45.0 Å². The Balaban J connectivity index is 2.95. The molecule has 0 aliphatic rings. The maximum Gasteiger partial charge on any atom is 0.409 e. The summed E-state index contributed by atoms with van der Waals surface area (Å²) >= 11 is 0. The lowest BCUT2D eigenvalue weighted by Crippen LogP contribution is -2.49. The Morgan fingerprint density at radius 2 is 1.75 bits per heavy atom. The number of hydrogen-bond donors (Lipinski definition) is 1. The van der Waals surface area contributed by atoms with Crippen LogP contribution in [0.4, 0.5) is 4.79 Å². The maximum absolute atomic E-state index is 12.0. The van der Waals surface area contributed by atoms with E-state index >= 15 is 0 Å². The fraction of sp³-hybridized carbons (Fsp3) is 0.429. The fourth-order valence-electron chi connectivity index (χ4n) is 1.52. The largest absolute Gasteiger partial charge is 0.444 e. The molecule has 0 fully saturated rings. The van der Waals surface area contributed by atoms with Crippen molar-refractivity contribution in [2.75, 3.05) is 7.05 Å². The zero-order valence-corrected chi connectivity index (χ0v) is 12.3. The van der Waals surface area contributed by atoms with E-state index in [0.29, 0.717) is 5.56 Å². The van der Waals surface area contributed by atoms with Crippen LogP contribution in [0.3, 0.4) is 0 Å². The van der Waals surface area contributed by atoms with Crippen molar-refractivity contribution in [2.45, 2.75) is 31.7 Å². The first-order chi connectivity index (χ1) is 9.08. The van der Waals surface area contributed by atoms with Crippen molar-refractivity contribution in [2.24, 2.45) is 0 Å². The number of carbonyl (C=O) groups is 1. The molecule has 1 amide bonds. The molecule has 0 aliphatic heterocycles. The number of rotatable bonds is 3. The quantitative estimate of drug-likeness (QED) is 0.673. The Morgan fingerprint density at radius 3 is 2.15 bits per heavy atom. The van der Waals surface area contributed by atoms with Gasteiger partial charge in [0, 0.05) is 13.3 Å². The van der Waals surface area contributed by atoms with Crippen molar-refractivity contribution in [1.82, 2.24) is 4.90 Å². The first-order valence-electron chi connectivity index (χ1n) is 6.23. The van der Waals surface area contributed by atoms with Crippen LogP contribution in [0.25, 0.3) is 0 Å². The van der Waals surface area contributed by atoms with Crippen LogP contribution in [0.5, 0.6) is 0 Å². The summed E-state index contributed by atoms with van der Waals surface area (Å²) in [6, 6.07) is 6.78. The molecule has 0 aliphatic carbocycles. The lowest BCUT2D eigenvalue weighted by Gasteiger charge is -2.38. The minimum absolute atomic E-state index is 0.552. The number of amides is 1. The number of hydrogen-bond acceptors (Lipinski definition) is 3. The molecule has 0 saturated heterocycles. The molecular weight excluding hydrogens is 250 g/mol. The predicted molar refractivity (Wildman–Crippen MR) is 81.5 cm³/mol. The molecule has 1 aromatic rings. The van der Waals surface area contributed by atoms with Gasteiger partial charge in [0.05, 0.1) is 15.7 Å². The molecule has 0 unspecified atom stereocenters. The summed E-state index contributed by atoms with van der Waals surface area (Å²) in [5.74, 6) is 0. The number of ether oxygens (including phenoxy) is 1. The van der Waals surface area contributed by atoms with Crippen molar-refractivity contribution in [3.63, 3.8) is 0 Å². The van der Waals surface area contributed by atoms with Crippen molar-refractivity contribution in [3.8, 4) is 0 Å². The molecule has 0 spiro atoms. The Hall–Kier alpha value is -1.71. The molecule has 1 N–H and O–H groups in total. The molecule has 1 rings (SSSR count). The van der Waals surface area contributed by atoms with Crippen molar-refractivity contribution >= 4 is 28.0 Å². The smallest absolute Gasteiger partial charge is 0.409 e. The average molecular weight is 268 g/mol. The number of carbonyl (C=O) groups excluding carboxylic acids is 1. The van der Waals surface area contributed by atoms with Crippen LogP contribution in [-0.4, -0.2) is 45.5 Å². The van der Waals surface area contributed by atoms with Crippen molar-refractivity contribution in [1.29, 1.82) is 5.41 Å². The predicted octanol–water partition coefficient (Wildman–Crippen LogP) is 2.00. The number of nitrogens with zero attached hydrogens (tertiary/aromatic N) is 1. The van der Waals surface area contributed by atoms with Crippen LogP contribution in [0, 0.1) is 5.41 Å². The second-order valence-corrected chi connectivity index (χ2v) is 5.63. The third-order valence-electron chi connectivity index (χ3n) is 2.76. The first kappa shape index (κ1) is 16.3. The minimum Gasteiger partial charge on any atom is -0.444 e. The third kappa shape index (κ3) is 3.89. The van der Waals surface area contributed by atoms with Gasteiger partial charge in [-0.15, -0.1) is 0 Å². The van der Waals surface area contributed by atoms with Gasteiger partial charge in [-0.2, -0.15) is 0 Å². The summed E-state index contributed by atoms with van der Waals surface area (Å²) in [6.07, 6.45) is 0.620. The monoisotopic (exact) mass is 268 g/mol. The fourth-order valence-corrected chi connectivity index (χ4v) is 1.52. The van der Waals surface area contributed by atoms with Gasteiger partial charge in [-0.1, -0.05) is 24.3 Å². The lowest BCUT2D eigenvalue weighted by molar-refractivity contribution is 0.0243. The van der Waals surface area contributed by atoms with E-state index in [1.807, 2.05) is 0 Å². The van der Waals surface area contributed by atoms with Crippen LogP contribution in [0.1, 0.15) is 31.9 Å². The van der Waals surface area contributed by atoms with Crippen LogP contribution in [-0.2, 0) is 10.1 Å². The van der Waals surface area contributed by atoms with Gasteiger partial charge in [-0.3, -0.25) is 0 Å². The molecule has 0 bridgehead atoms. The zero-order valence-electron chi connectivity index (χ0n) is 12.3. The van der Waals surface area contributed by atoms with E-state index < -0.39 is 17.0 Å². The summed E-state index contributed by atoms with van der Waals surface area (Å²) in [5, 5.41) is 5.67. The molecule has 1 aromatic carbocycles. The van der Waals surface area contributed by atoms with Gasteiger partial charge in [0.2, 0.25) is 0 Å². The maximum atomic E-state index is 12.0. The van der Waals surface area contributed by atoms with E-state index in [9.17, 15) is 4.79 Å². The molecule has 20 heavy (non-hydrogen) atoms. The molecule has 0 heterocycles. The Bertz CT molecular complexity index is 493. The van der Waals surface area contributed by atoms with E-state index in [1.165, 1.54) is 13.3 Å². The summed E-state index contributed by atoms with van der Waals surface area (Å²) in [6.45, 7) is 5.31. The van der Waals surface area contributed by atoms with Gasteiger partial charge in [0.15, 0.2) is 0 Å². The Morgan fingerprint density at radius 1 is 1.25 bits per heavy atom. The van der Waals surface area contributed by atoms with E-state index in [0.717, 1.165) is 10.5 Å². The van der Waals surface area contributed by atoms with Crippen LogP contribution in [0.2, 0.25) is 0 Å². The highest BCUT2D eigenvalue weighted by Crippen LogP contribution is 2.23. The molecule has 6 heteroatoms. The topological polar surface area (TPSA) is 53.4 Å². The molecule has 4 radical (unpaired) electrons. The summed E-state index contributed by atoms with van der Waals surface area (Å²) < 4.78 is 5.24. The van der Waals surface area contributed by atoms with Gasteiger partial charge >= 0.3 is 6.09 Å². The molecule has 0 saturated carbocycles. The van der Waals surface area contributed by atoms with Gasteiger partial charge in [0.1, 0.15) is 5.60 Å². The normalized spacial score (nSPS) is 11.8. The second kappa shape index (κ2) is 5.73. The zero-order chi connectivity index (χ0) is 15.6.